The number of hydrogen-bond acceptors (Lipinski definition) is 5. The van der Waals surface area contributed by atoms with Crippen molar-refractivity contribution in [3.05, 3.63) is 29.6 Å². The normalized spacial score (nSPS) is 15.0. The first-order valence-electron chi connectivity index (χ1n) is 8.09. The minimum Gasteiger partial charge on any atom is -0.377 e. The zero-order chi connectivity index (χ0) is 17.3. The number of carbonyl (C=O) groups excluding carboxylic acids is 1. The Morgan fingerprint density at radius 1 is 1.38 bits per heavy atom. The molecule has 0 radical (unpaired) electrons. The van der Waals surface area contributed by atoms with Crippen molar-refractivity contribution in [2.45, 2.75) is 38.8 Å². The number of nitrogens with zero attached hydrogens (tertiary/aromatic N) is 5. The van der Waals surface area contributed by atoms with Crippen molar-refractivity contribution in [1.82, 2.24) is 25.5 Å². The lowest BCUT2D eigenvalue weighted by Gasteiger charge is -2.19. The van der Waals surface area contributed by atoms with Crippen molar-refractivity contribution in [3.63, 3.8) is 0 Å². The van der Waals surface area contributed by atoms with Gasteiger partial charge in [-0.1, -0.05) is 6.07 Å². The van der Waals surface area contributed by atoms with Gasteiger partial charge in [0.05, 0.1) is 12.1 Å². The summed E-state index contributed by atoms with van der Waals surface area (Å²) in [6, 6.07) is 5.67. The van der Waals surface area contributed by atoms with Crippen LogP contribution >= 0.6 is 0 Å². The maximum absolute atomic E-state index is 12.3. The molecule has 1 aromatic carbocycles. The van der Waals surface area contributed by atoms with Gasteiger partial charge < -0.3 is 15.5 Å². The summed E-state index contributed by atoms with van der Waals surface area (Å²) in [7, 11) is 3.96. The molecule has 0 bridgehead atoms. The van der Waals surface area contributed by atoms with Crippen molar-refractivity contribution in [1.29, 1.82) is 0 Å². The smallest absolute Gasteiger partial charge is 0.319 e. The van der Waals surface area contributed by atoms with Crippen LogP contribution in [0, 0.1) is 6.92 Å². The van der Waals surface area contributed by atoms with Gasteiger partial charge in [0.15, 0.2) is 5.82 Å². The summed E-state index contributed by atoms with van der Waals surface area (Å²) in [5, 5.41) is 17.6. The fourth-order valence-electron chi connectivity index (χ4n) is 2.73. The van der Waals surface area contributed by atoms with Gasteiger partial charge in [0.1, 0.15) is 0 Å². The molecule has 1 atom stereocenters. The number of hydrogen-bond donors (Lipinski definition) is 2. The Kier molecular flexibility index (Phi) is 4.37. The summed E-state index contributed by atoms with van der Waals surface area (Å²) in [5.74, 6) is 0.686. The van der Waals surface area contributed by atoms with E-state index < -0.39 is 0 Å². The van der Waals surface area contributed by atoms with Gasteiger partial charge in [-0.2, -0.15) is 0 Å². The van der Waals surface area contributed by atoms with Gasteiger partial charge in [0.2, 0.25) is 0 Å². The first-order chi connectivity index (χ1) is 11.5. The number of nitrogens with one attached hydrogen (secondary N) is 2. The van der Waals surface area contributed by atoms with E-state index >= 15 is 0 Å². The molecule has 1 aliphatic rings. The maximum atomic E-state index is 12.3. The summed E-state index contributed by atoms with van der Waals surface area (Å²) in [6.07, 6.45) is 2.18. The highest BCUT2D eigenvalue weighted by Gasteiger charge is 2.29. The molecule has 3 rings (SSSR count). The number of carbonyl (C=O) groups is 1. The van der Waals surface area contributed by atoms with Crippen molar-refractivity contribution in [2.24, 2.45) is 0 Å². The molecule has 0 aliphatic heterocycles. The number of aromatic nitrogens is 4. The molecule has 0 spiro atoms. The number of rotatable bonds is 5. The largest absolute Gasteiger partial charge is 0.377 e. The fraction of sp³-hybridized carbons (Fsp3) is 0.500. The van der Waals surface area contributed by atoms with Crippen LogP contribution in [0.4, 0.5) is 16.2 Å². The first kappa shape index (κ1) is 16.2. The first-order valence-corrected chi connectivity index (χ1v) is 8.09. The van der Waals surface area contributed by atoms with Crippen molar-refractivity contribution < 1.29 is 4.79 Å². The highest BCUT2D eigenvalue weighted by molar-refractivity contribution is 5.91. The van der Waals surface area contributed by atoms with E-state index in [1.54, 1.807) is 0 Å². The molecule has 2 amide bonds. The van der Waals surface area contributed by atoms with E-state index in [4.69, 9.17) is 0 Å². The Morgan fingerprint density at radius 2 is 2.12 bits per heavy atom. The molecule has 8 nitrogen and oxygen atoms in total. The van der Waals surface area contributed by atoms with Crippen LogP contribution in [0.2, 0.25) is 0 Å². The predicted molar refractivity (Wildman–Crippen MR) is 92.2 cm³/mol. The van der Waals surface area contributed by atoms with Gasteiger partial charge in [-0.05, 0) is 54.8 Å². The van der Waals surface area contributed by atoms with Crippen LogP contribution < -0.4 is 15.5 Å². The molecule has 24 heavy (non-hydrogen) atoms. The third kappa shape index (κ3) is 3.32. The van der Waals surface area contributed by atoms with E-state index in [9.17, 15) is 4.79 Å². The van der Waals surface area contributed by atoms with Crippen molar-refractivity contribution in [2.75, 3.05) is 24.3 Å². The Bertz CT molecular complexity index is 736. The van der Waals surface area contributed by atoms with Gasteiger partial charge in [0.25, 0.3) is 0 Å². The lowest BCUT2D eigenvalue weighted by atomic mass is 10.1. The highest BCUT2D eigenvalue weighted by Crippen LogP contribution is 2.35. The SMILES string of the molecule is Cc1c(NC(=O)NC(C)c2nnnn2C2CC2)cccc1N(C)C. The molecule has 128 valence electrons. The molecule has 1 saturated carbocycles. The second-order valence-electron chi connectivity index (χ2n) is 6.38. The molecule has 1 unspecified atom stereocenters. The number of urea groups is 1. The van der Waals surface area contributed by atoms with Crippen molar-refractivity contribution in [3.8, 4) is 0 Å². The lowest BCUT2D eigenvalue weighted by Crippen LogP contribution is -2.33. The van der Waals surface area contributed by atoms with Crippen LogP contribution in [0.5, 0.6) is 0 Å². The monoisotopic (exact) mass is 329 g/mol. The number of tetrazole rings is 1. The maximum Gasteiger partial charge on any atom is 0.319 e. The summed E-state index contributed by atoms with van der Waals surface area (Å²) < 4.78 is 1.81. The van der Waals surface area contributed by atoms with Crippen LogP contribution in [0.15, 0.2) is 18.2 Å². The average molecular weight is 329 g/mol. The van der Waals surface area contributed by atoms with Gasteiger partial charge in [-0.25, -0.2) is 9.48 Å². The van der Waals surface area contributed by atoms with Gasteiger partial charge >= 0.3 is 6.03 Å². The Morgan fingerprint density at radius 3 is 2.79 bits per heavy atom. The number of amides is 2. The van der Waals surface area contributed by atoms with E-state index in [1.165, 1.54) is 0 Å². The Hall–Kier alpha value is -2.64. The molecule has 1 heterocycles. The Labute approximate surface area is 141 Å². The third-order valence-electron chi connectivity index (χ3n) is 4.18. The zero-order valence-corrected chi connectivity index (χ0v) is 14.4. The molecule has 8 heteroatoms. The Balaban J connectivity index is 1.67. The van der Waals surface area contributed by atoms with Gasteiger partial charge in [-0.15, -0.1) is 5.10 Å². The zero-order valence-electron chi connectivity index (χ0n) is 14.4. The standard InChI is InChI=1S/C16H23N7O/c1-10-13(6-5-7-14(10)22(3)4)18-16(24)17-11(2)15-19-20-21-23(15)12-8-9-12/h5-7,11-12H,8-9H2,1-4H3,(H2,17,18,24). The quantitative estimate of drug-likeness (QED) is 0.878. The van der Waals surface area contributed by atoms with Crippen LogP contribution in [-0.4, -0.2) is 40.3 Å². The molecular formula is C16H23N7O. The molecule has 0 saturated heterocycles. The number of benzene rings is 1. The molecular weight excluding hydrogens is 306 g/mol. The lowest BCUT2D eigenvalue weighted by molar-refractivity contribution is 0.248. The summed E-state index contributed by atoms with van der Waals surface area (Å²) in [6.45, 7) is 3.87. The average Bonchev–Trinajstić information content (AvgIpc) is 3.25. The molecule has 1 fully saturated rings. The second-order valence-corrected chi connectivity index (χ2v) is 6.38. The third-order valence-corrected chi connectivity index (χ3v) is 4.18. The molecule has 2 N–H and O–H groups in total. The van der Waals surface area contributed by atoms with Crippen LogP contribution in [0.3, 0.4) is 0 Å². The highest BCUT2D eigenvalue weighted by atomic mass is 16.2. The molecule has 2 aromatic rings. The predicted octanol–water partition coefficient (Wildman–Crippen LogP) is 2.27. The van der Waals surface area contributed by atoms with Crippen LogP contribution in [-0.2, 0) is 0 Å². The van der Waals surface area contributed by atoms with Gasteiger partial charge in [0, 0.05) is 25.5 Å². The topological polar surface area (TPSA) is 88.0 Å². The van der Waals surface area contributed by atoms with E-state index in [2.05, 4.69) is 26.2 Å². The minimum absolute atomic E-state index is 0.266. The summed E-state index contributed by atoms with van der Waals surface area (Å²) in [4.78, 5) is 14.4. The van der Waals surface area contributed by atoms with E-state index in [0.717, 1.165) is 29.8 Å². The second kappa shape index (κ2) is 6.46. The van der Waals surface area contributed by atoms with Crippen LogP contribution in [0.25, 0.3) is 0 Å². The fourth-order valence-corrected chi connectivity index (χ4v) is 2.73. The minimum atomic E-state index is -0.271. The van der Waals surface area contributed by atoms with E-state index in [-0.39, 0.29) is 12.1 Å². The van der Waals surface area contributed by atoms with Crippen LogP contribution in [0.1, 0.15) is 43.2 Å². The van der Waals surface area contributed by atoms with Crippen molar-refractivity contribution >= 4 is 17.4 Å². The van der Waals surface area contributed by atoms with E-state index in [1.807, 2.05) is 55.7 Å². The number of anilines is 2. The molecule has 1 aliphatic carbocycles. The summed E-state index contributed by atoms with van der Waals surface area (Å²) in [5.41, 5.74) is 2.87. The van der Waals surface area contributed by atoms with Gasteiger partial charge in [-0.3, -0.25) is 0 Å². The van der Waals surface area contributed by atoms with E-state index in [0.29, 0.717) is 11.9 Å². The summed E-state index contributed by atoms with van der Waals surface area (Å²) >= 11 is 0. The molecule has 1 aromatic heterocycles.